The Balaban J connectivity index is 1.88. The van der Waals surface area contributed by atoms with Crippen LogP contribution in [0, 0.1) is 0 Å². The highest BCUT2D eigenvalue weighted by molar-refractivity contribution is 5.13. The average Bonchev–Trinajstić information content (AvgIpc) is 2.40. The summed E-state index contributed by atoms with van der Waals surface area (Å²) in [7, 11) is 1.82. The third-order valence-electron chi connectivity index (χ3n) is 3.63. The summed E-state index contributed by atoms with van der Waals surface area (Å²) in [6.07, 6.45) is 9.03. The Morgan fingerprint density at radius 2 is 2.35 bits per heavy atom. The van der Waals surface area contributed by atoms with Crippen molar-refractivity contribution in [3.05, 3.63) is 30.1 Å². The Morgan fingerprint density at radius 3 is 3.06 bits per heavy atom. The molecule has 17 heavy (non-hydrogen) atoms. The number of aromatic nitrogens is 1. The smallest absolute Gasteiger partial charge is 0.0586 e. The molecule has 1 aliphatic carbocycles. The number of methoxy groups -OCH3 is 1. The standard InChI is InChI=1S/C14H22N2O/c1-11(12-5-4-8-15-10-12)16-13-6-3-7-14(9-13)17-2/h4-5,8,10-11,13-14,16H,3,6-7,9H2,1-2H3/t11-,13?,14?/m1/s1. The first-order valence-electron chi connectivity index (χ1n) is 6.48. The molecule has 1 N–H and O–H groups in total. The lowest BCUT2D eigenvalue weighted by atomic mass is 9.92. The Bertz CT molecular complexity index is 328. The fourth-order valence-electron chi connectivity index (χ4n) is 2.59. The van der Waals surface area contributed by atoms with Gasteiger partial charge in [0.2, 0.25) is 0 Å². The van der Waals surface area contributed by atoms with Gasteiger partial charge in [-0.3, -0.25) is 4.98 Å². The predicted molar refractivity (Wildman–Crippen MR) is 68.8 cm³/mol. The van der Waals surface area contributed by atoms with Crippen LogP contribution in [0.5, 0.6) is 0 Å². The number of hydrogen-bond donors (Lipinski definition) is 1. The molecule has 1 aromatic rings. The Morgan fingerprint density at radius 1 is 1.47 bits per heavy atom. The summed E-state index contributed by atoms with van der Waals surface area (Å²) in [6, 6.07) is 5.06. The molecule has 94 valence electrons. The van der Waals surface area contributed by atoms with Crippen molar-refractivity contribution < 1.29 is 4.74 Å². The molecule has 0 radical (unpaired) electrons. The number of pyridine rings is 1. The molecule has 2 rings (SSSR count). The third-order valence-corrected chi connectivity index (χ3v) is 3.63. The van der Waals surface area contributed by atoms with Crippen molar-refractivity contribution >= 4 is 0 Å². The van der Waals surface area contributed by atoms with Gasteiger partial charge in [-0.25, -0.2) is 0 Å². The zero-order valence-corrected chi connectivity index (χ0v) is 10.7. The molecule has 3 nitrogen and oxygen atoms in total. The van der Waals surface area contributed by atoms with Crippen LogP contribution in [0.1, 0.15) is 44.2 Å². The fraction of sp³-hybridized carbons (Fsp3) is 0.643. The zero-order chi connectivity index (χ0) is 12.1. The number of nitrogens with one attached hydrogen (secondary N) is 1. The van der Waals surface area contributed by atoms with Crippen molar-refractivity contribution in [2.24, 2.45) is 0 Å². The topological polar surface area (TPSA) is 34.1 Å². The minimum atomic E-state index is 0.365. The van der Waals surface area contributed by atoms with E-state index in [1.165, 1.54) is 24.8 Å². The maximum absolute atomic E-state index is 5.46. The summed E-state index contributed by atoms with van der Waals surface area (Å²) >= 11 is 0. The molecular weight excluding hydrogens is 212 g/mol. The Hall–Kier alpha value is -0.930. The van der Waals surface area contributed by atoms with E-state index in [1.807, 2.05) is 25.6 Å². The van der Waals surface area contributed by atoms with Gasteiger partial charge in [0.1, 0.15) is 0 Å². The van der Waals surface area contributed by atoms with Gasteiger partial charge in [-0.05, 0) is 44.2 Å². The van der Waals surface area contributed by atoms with Gasteiger partial charge in [0.05, 0.1) is 6.10 Å². The zero-order valence-electron chi connectivity index (χ0n) is 10.7. The van der Waals surface area contributed by atoms with Crippen molar-refractivity contribution in [2.45, 2.75) is 50.8 Å². The highest BCUT2D eigenvalue weighted by Crippen LogP contribution is 2.23. The van der Waals surface area contributed by atoms with Crippen LogP contribution >= 0.6 is 0 Å². The van der Waals surface area contributed by atoms with Gasteiger partial charge in [-0.15, -0.1) is 0 Å². The summed E-state index contributed by atoms with van der Waals surface area (Å²) in [6.45, 7) is 2.20. The summed E-state index contributed by atoms with van der Waals surface area (Å²) in [5.74, 6) is 0. The molecule has 1 aliphatic rings. The fourth-order valence-corrected chi connectivity index (χ4v) is 2.59. The molecule has 3 atom stereocenters. The second-order valence-electron chi connectivity index (χ2n) is 4.90. The largest absolute Gasteiger partial charge is 0.381 e. The minimum Gasteiger partial charge on any atom is -0.381 e. The highest BCUT2D eigenvalue weighted by Gasteiger charge is 2.22. The molecule has 1 heterocycles. The lowest BCUT2D eigenvalue weighted by Gasteiger charge is -2.31. The van der Waals surface area contributed by atoms with Crippen molar-refractivity contribution in [3.8, 4) is 0 Å². The van der Waals surface area contributed by atoms with E-state index < -0.39 is 0 Å². The second kappa shape index (κ2) is 6.12. The van der Waals surface area contributed by atoms with Crippen LogP contribution in [0.15, 0.2) is 24.5 Å². The first-order valence-corrected chi connectivity index (χ1v) is 6.48. The molecular formula is C14H22N2O. The summed E-state index contributed by atoms with van der Waals surface area (Å²) in [5.41, 5.74) is 1.26. The molecule has 0 saturated heterocycles. The Kier molecular flexibility index (Phi) is 4.51. The summed E-state index contributed by atoms with van der Waals surface area (Å²) in [5, 5.41) is 3.68. The quantitative estimate of drug-likeness (QED) is 0.869. The molecule has 1 aromatic heterocycles. The first kappa shape index (κ1) is 12.5. The Labute approximate surface area is 104 Å². The van der Waals surface area contributed by atoms with Crippen LogP contribution in [0.4, 0.5) is 0 Å². The van der Waals surface area contributed by atoms with Crippen molar-refractivity contribution in [1.82, 2.24) is 10.3 Å². The van der Waals surface area contributed by atoms with Crippen LogP contribution in [0.2, 0.25) is 0 Å². The molecule has 0 spiro atoms. The van der Waals surface area contributed by atoms with Gasteiger partial charge in [0.15, 0.2) is 0 Å². The van der Waals surface area contributed by atoms with Crippen LogP contribution in [-0.4, -0.2) is 24.2 Å². The van der Waals surface area contributed by atoms with Crippen LogP contribution in [0.25, 0.3) is 0 Å². The third kappa shape index (κ3) is 3.51. The monoisotopic (exact) mass is 234 g/mol. The molecule has 0 aromatic carbocycles. The van der Waals surface area contributed by atoms with E-state index in [4.69, 9.17) is 4.74 Å². The van der Waals surface area contributed by atoms with Gasteiger partial charge in [0.25, 0.3) is 0 Å². The van der Waals surface area contributed by atoms with E-state index >= 15 is 0 Å². The lowest BCUT2D eigenvalue weighted by molar-refractivity contribution is 0.0572. The maximum atomic E-state index is 5.46. The van der Waals surface area contributed by atoms with E-state index in [0.717, 1.165) is 6.42 Å². The van der Waals surface area contributed by atoms with E-state index in [1.54, 1.807) is 0 Å². The second-order valence-corrected chi connectivity index (χ2v) is 4.90. The van der Waals surface area contributed by atoms with Gasteiger partial charge in [-0.2, -0.15) is 0 Å². The molecule has 0 aliphatic heterocycles. The van der Waals surface area contributed by atoms with Crippen molar-refractivity contribution in [1.29, 1.82) is 0 Å². The van der Waals surface area contributed by atoms with E-state index in [9.17, 15) is 0 Å². The van der Waals surface area contributed by atoms with E-state index in [-0.39, 0.29) is 0 Å². The highest BCUT2D eigenvalue weighted by atomic mass is 16.5. The van der Waals surface area contributed by atoms with Crippen LogP contribution in [0.3, 0.4) is 0 Å². The van der Waals surface area contributed by atoms with Gasteiger partial charge in [-0.1, -0.05) is 6.07 Å². The van der Waals surface area contributed by atoms with Gasteiger partial charge in [0, 0.05) is 31.6 Å². The average molecular weight is 234 g/mol. The van der Waals surface area contributed by atoms with Crippen LogP contribution in [-0.2, 0) is 4.74 Å². The maximum Gasteiger partial charge on any atom is 0.0586 e. The van der Waals surface area contributed by atoms with Crippen molar-refractivity contribution in [3.63, 3.8) is 0 Å². The predicted octanol–water partition coefficient (Wildman–Crippen LogP) is 2.69. The van der Waals surface area contributed by atoms with E-state index in [0.29, 0.717) is 18.2 Å². The first-order chi connectivity index (χ1) is 8.29. The number of nitrogens with zero attached hydrogens (tertiary/aromatic N) is 1. The molecule has 2 unspecified atom stereocenters. The summed E-state index contributed by atoms with van der Waals surface area (Å²) in [4.78, 5) is 4.17. The molecule has 1 fully saturated rings. The molecule has 0 bridgehead atoms. The molecule has 0 amide bonds. The van der Waals surface area contributed by atoms with E-state index in [2.05, 4.69) is 23.3 Å². The molecule has 3 heteroatoms. The summed E-state index contributed by atoms with van der Waals surface area (Å²) < 4.78 is 5.46. The number of hydrogen-bond acceptors (Lipinski definition) is 3. The van der Waals surface area contributed by atoms with Gasteiger partial charge < -0.3 is 10.1 Å². The lowest BCUT2D eigenvalue weighted by Crippen LogP contribution is -2.38. The van der Waals surface area contributed by atoms with Crippen LogP contribution < -0.4 is 5.32 Å². The van der Waals surface area contributed by atoms with Gasteiger partial charge >= 0.3 is 0 Å². The SMILES string of the molecule is COC1CCCC(N[C@H](C)c2cccnc2)C1. The molecule has 1 saturated carbocycles. The number of ether oxygens (including phenoxy) is 1. The number of rotatable bonds is 4. The normalized spacial score (nSPS) is 26.7. The minimum absolute atomic E-state index is 0.365. The van der Waals surface area contributed by atoms with Crippen molar-refractivity contribution in [2.75, 3.05) is 7.11 Å².